The van der Waals surface area contributed by atoms with Crippen molar-refractivity contribution in [1.82, 2.24) is 5.32 Å². The van der Waals surface area contributed by atoms with Crippen LogP contribution in [0.15, 0.2) is 16.5 Å². The molecule has 0 aliphatic carbocycles. The molecule has 1 aromatic rings. The van der Waals surface area contributed by atoms with E-state index in [0.29, 0.717) is 18.2 Å². The second kappa shape index (κ2) is 6.23. The van der Waals surface area contributed by atoms with Gasteiger partial charge in [0.15, 0.2) is 0 Å². The van der Waals surface area contributed by atoms with Gasteiger partial charge in [0.2, 0.25) is 5.76 Å². The molecule has 4 nitrogen and oxygen atoms in total. The SMILES string of the molecule is CC(CCO)CNCc1ccc(C#N)o1. The number of nitrogens with zero attached hydrogens (tertiary/aromatic N) is 1. The summed E-state index contributed by atoms with van der Waals surface area (Å²) in [6.45, 7) is 3.76. The summed E-state index contributed by atoms with van der Waals surface area (Å²) in [5.74, 6) is 1.55. The monoisotopic (exact) mass is 208 g/mol. The molecule has 0 aromatic carbocycles. The van der Waals surface area contributed by atoms with E-state index < -0.39 is 0 Å². The van der Waals surface area contributed by atoms with Crippen LogP contribution in [0.2, 0.25) is 0 Å². The van der Waals surface area contributed by atoms with Gasteiger partial charge in [-0.15, -0.1) is 0 Å². The molecular formula is C11H16N2O2. The van der Waals surface area contributed by atoms with Crippen molar-refractivity contribution in [1.29, 1.82) is 5.26 Å². The topological polar surface area (TPSA) is 69.2 Å². The minimum atomic E-state index is 0.224. The highest BCUT2D eigenvalue weighted by Gasteiger charge is 2.03. The Balaban J connectivity index is 2.23. The molecule has 0 saturated carbocycles. The van der Waals surface area contributed by atoms with E-state index in [2.05, 4.69) is 12.2 Å². The van der Waals surface area contributed by atoms with Crippen LogP contribution < -0.4 is 5.32 Å². The normalized spacial score (nSPS) is 12.3. The van der Waals surface area contributed by atoms with Gasteiger partial charge in [-0.25, -0.2) is 0 Å². The van der Waals surface area contributed by atoms with Gasteiger partial charge in [-0.1, -0.05) is 6.92 Å². The Hall–Kier alpha value is -1.31. The number of nitriles is 1. The third kappa shape index (κ3) is 4.15. The molecule has 0 spiro atoms. The maximum Gasteiger partial charge on any atom is 0.203 e. The van der Waals surface area contributed by atoms with Crippen molar-refractivity contribution in [3.63, 3.8) is 0 Å². The third-order valence-corrected chi connectivity index (χ3v) is 2.19. The molecule has 0 radical (unpaired) electrons. The highest BCUT2D eigenvalue weighted by atomic mass is 16.3. The van der Waals surface area contributed by atoms with E-state index in [1.54, 1.807) is 12.1 Å². The van der Waals surface area contributed by atoms with Crippen LogP contribution in [0.25, 0.3) is 0 Å². The van der Waals surface area contributed by atoms with Crippen LogP contribution in [-0.2, 0) is 6.54 Å². The van der Waals surface area contributed by atoms with Crippen LogP contribution in [0, 0.1) is 17.2 Å². The number of nitrogens with one attached hydrogen (secondary N) is 1. The highest BCUT2D eigenvalue weighted by molar-refractivity contribution is 5.18. The van der Waals surface area contributed by atoms with Gasteiger partial charge < -0.3 is 14.8 Å². The second-order valence-corrected chi connectivity index (χ2v) is 3.63. The van der Waals surface area contributed by atoms with Crippen LogP contribution in [0.3, 0.4) is 0 Å². The molecule has 0 fully saturated rings. The van der Waals surface area contributed by atoms with Gasteiger partial charge in [0, 0.05) is 6.61 Å². The highest BCUT2D eigenvalue weighted by Crippen LogP contribution is 2.06. The number of aliphatic hydroxyl groups excluding tert-OH is 1. The number of aliphatic hydroxyl groups is 1. The molecular weight excluding hydrogens is 192 g/mol. The summed E-state index contributed by atoms with van der Waals surface area (Å²) < 4.78 is 5.20. The Morgan fingerprint density at radius 3 is 3.00 bits per heavy atom. The smallest absolute Gasteiger partial charge is 0.203 e. The van der Waals surface area contributed by atoms with E-state index in [4.69, 9.17) is 14.8 Å². The number of rotatable bonds is 6. The summed E-state index contributed by atoms with van der Waals surface area (Å²) in [4.78, 5) is 0. The molecule has 2 N–H and O–H groups in total. The van der Waals surface area contributed by atoms with Crippen molar-refractivity contribution in [2.45, 2.75) is 19.9 Å². The van der Waals surface area contributed by atoms with Crippen molar-refractivity contribution in [3.05, 3.63) is 23.7 Å². The first-order valence-corrected chi connectivity index (χ1v) is 5.06. The molecule has 4 heteroatoms. The first-order valence-electron chi connectivity index (χ1n) is 5.06. The van der Waals surface area contributed by atoms with Gasteiger partial charge in [0.05, 0.1) is 6.54 Å². The fourth-order valence-corrected chi connectivity index (χ4v) is 1.30. The van der Waals surface area contributed by atoms with Gasteiger partial charge in [0.25, 0.3) is 0 Å². The van der Waals surface area contributed by atoms with Crippen LogP contribution in [0.1, 0.15) is 24.9 Å². The van der Waals surface area contributed by atoms with Crippen molar-refractivity contribution in [2.24, 2.45) is 5.92 Å². The molecule has 0 aliphatic heterocycles. The van der Waals surface area contributed by atoms with Crippen LogP contribution >= 0.6 is 0 Å². The Kier molecular flexibility index (Phi) is 4.88. The molecule has 15 heavy (non-hydrogen) atoms. The van der Waals surface area contributed by atoms with E-state index in [-0.39, 0.29) is 6.61 Å². The fourth-order valence-electron chi connectivity index (χ4n) is 1.30. The van der Waals surface area contributed by atoms with Crippen molar-refractivity contribution >= 4 is 0 Å². The zero-order valence-electron chi connectivity index (χ0n) is 8.86. The fraction of sp³-hybridized carbons (Fsp3) is 0.545. The van der Waals surface area contributed by atoms with E-state index >= 15 is 0 Å². The molecule has 1 heterocycles. The van der Waals surface area contributed by atoms with E-state index in [9.17, 15) is 0 Å². The first-order chi connectivity index (χ1) is 7.26. The summed E-state index contributed by atoms with van der Waals surface area (Å²) >= 11 is 0. The van der Waals surface area contributed by atoms with Crippen LogP contribution in [0.4, 0.5) is 0 Å². The van der Waals surface area contributed by atoms with Gasteiger partial charge >= 0.3 is 0 Å². The van der Waals surface area contributed by atoms with Gasteiger partial charge in [-0.05, 0) is 31.0 Å². The minimum absolute atomic E-state index is 0.224. The van der Waals surface area contributed by atoms with Crippen molar-refractivity contribution in [3.8, 4) is 6.07 Å². The molecule has 1 aromatic heterocycles. The maximum absolute atomic E-state index is 8.71. The summed E-state index contributed by atoms with van der Waals surface area (Å²) in [5, 5.41) is 20.5. The Morgan fingerprint density at radius 1 is 1.60 bits per heavy atom. The molecule has 0 bridgehead atoms. The molecule has 82 valence electrons. The number of hydrogen-bond acceptors (Lipinski definition) is 4. The number of furan rings is 1. The summed E-state index contributed by atoms with van der Waals surface area (Å²) in [5.41, 5.74) is 0. The lowest BCUT2D eigenvalue weighted by molar-refractivity contribution is 0.259. The third-order valence-electron chi connectivity index (χ3n) is 2.19. The Labute approximate surface area is 89.5 Å². The van der Waals surface area contributed by atoms with Crippen molar-refractivity contribution in [2.75, 3.05) is 13.2 Å². The molecule has 0 amide bonds. The largest absolute Gasteiger partial charge is 0.449 e. The van der Waals surface area contributed by atoms with E-state index in [1.807, 2.05) is 6.07 Å². The first kappa shape index (κ1) is 11.8. The zero-order chi connectivity index (χ0) is 11.1. The quantitative estimate of drug-likeness (QED) is 0.738. The Morgan fingerprint density at radius 2 is 2.40 bits per heavy atom. The summed E-state index contributed by atoms with van der Waals surface area (Å²) in [6.07, 6.45) is 0.800. The molecule has 1 unspecified atom stereocenters. The minimum Gasteiger partial charge on any atom is -0.449 e. The summed E-state index contributed by atoms with van der Waals surface area (Å²) in [7, 11) is 0. The lowest BCUT2D eigenvalue weighted by Crippen LogP contribution is -2.21. The van der Waals surface area contributed by atoms with Gasteiger partial charge in [0.1, 0.15) is 11.8 Å². The average Bonchev–Trinajstić information content (AvgIpc) is 2.66. The van der Waals surface area contributed by atoms with Gasteiger partial charge in [-0.3, -0.25) is 0 Å². The molecule has 1 atom stereocenters. The zero-order valence-corrected chi connectivity index (χ0v) is 8.86. The predicted octanol–water partition coefficient (Wildman–Crippen LogP) is 1.26. The van der Waals surface area contributed by atoms with Crippen molar-refractivity contribution < 1.29 is 9.52 Å². The lowest BCUT2D eigenvalue weighted by atomic mass is 10.1. The Bertz CT molecular complexity index is 328. The second-order valence-electron chi connectivity index (χ2n) is 3.63. The van der Waals surface area contributed by atoms with Gasteiger partial charge in [-0.2, -0.15) is 5.26 Å². The van der Waals surface area contributed by atoms with E-state index in [1.165, 1.54) is 0 Å². The average molecular weight is 208 g/mol. The van der Waals surface area contributed by atoms with Crippen LogP contribution in [-0.4, -0.2) is 18.3 Å². The maximum atomic E-state index is 8.71. The standard InChI is InChI=1S/C11H16N2O2/c1-9(4-5-14)7-13-8-11-3-2-10(6-12)15-11/h2-3,9,13-14H,4-5,7-8H2,1H3. The molecule has 0 saturated heterocycles. The molecule has 1 rings (SSSR count). The lowest BCUT2D eigenvalue weighted by Gasteiger charge is -2.09. The van der Waals surface area contributed by atoms with Crippen LogP contribution in [0.5, 0.6) is 0 Å². The molecule has 0 aliphatic rings. The predicted molar refractivity (Wildman–Crippen MR) is 56.0 cm³/mol. The van der Waals surface area contributed by atoms with E-state index in [0.717, 1.165) is 18.7 Å². The number of hydrogen-bond donors (Lipinski definition) is 2. The summed E-state index contributed by atoms with van der Waals surface area (Å²) in [6, 6.07) is 5.39.